The summed E-state index contributed by atoms with van der Waals surface area (Å²) in [4.78, 5) is 0. The van der Waals surface area contributed by atoms with Crippen LogP contribution in [0.2, 0.25) is 0 Å². The molecule has 0 amide bonds. The Bertz CT molecular complexity index is 459. The van der Waals surface area contributed by atoms with E-state index >= 15 is 0 Å². The van der Waals surface area contributed by atoms with E-state index < -0.39 is 0 Å². The molecule has 20 heavy (non-hydrogen) atoms. The van der Waals surface area contributed by atoms with E-state index in [-0.39, 0.29) is 0 Å². The fourth-order valence-corrected chi connectivity index (χ4v) is 3.22. The number of aryl methyl sites for hydroxylation is 1. The Morgan fingerprint density at radius 3 is 2.70 bits per heavy atom. The molecule has 1 saturated heterocycles. The molecule has 0 aliphatic carbocycles. The predicted molar refractivity (Wildman–Crippen MR) is 82.4 cm³/mol. The maximum Gasteiger partial charge on any atom is 0.126 e. The van der Waals surface area contributed by atoms with Gasteiger partial charge in [0.05, 0.1) is 13.2 Å². The smallest absolute Gasteiger partial charge is 0.126 e. The van der Waals surface area contributed by atoms with Crippen LogP contribution >= 0.6 is 0 Å². The average Bonchev–Trinajstić information content (AvgIpc) is 2.85. The van der Waals surface area contributed by atoms with Crippen LogP contribution in [0.4, 0.5) is 0 Å². The highest BCUT2D eigenvalue weighted by atomic mass is 16.5. The van der Waals surface area contributed by atoms with E-state index in [1.807, 2.05) is 0 Å². The van der Waals surface area contributed by atoms with Gasteiger partial charge in [-0.05, 0) is 44.9 Å². The molecule has 1 fully saturated rings. The molecule has 112 valence electrons. The second kappa shape index (κ2) is 6.59. The van der Waals surface area contributed by atoms with Gasteiger partial charge >= 0.3 is 0 Å². The molecule has 0 aromatic heterocycles. The third-order valence-electron chi connectivity index (χ3n) is 4.53. The minimum atomic E-state index is 0.297. The summed E-state index contributed by atoms with van der Waals surface area (Å²) in [5.74, 6) is 1.53. The van der Waals surface area contributed by atoms with Gasteiger partial charge < -0.3 is 14.8 Å². The Kier molecular flexibility index (Phi) is 5.06. The molecule has 1 aromatic carbocycles. The number of hydrogen-bond acceptors (Lipinski definition) is 3. The summed E-state index contributed by atoms with van der Waals surface area (Å²) < 4.78 is 11.5. The fourth-order valence-electron chi connectivity index (χ4n) is 3.22. The first kappa shape index (κ1) is 15.3. The van der Waals surface area contributed by atoms with Crippen LogP contribution in [0.5, 0.6) is 5.75 Å². The van der Waals surface area contributed by atoms with Gasteiger partial charge in [0.2, 0.25) is 0 Å². The second-order valence-electron chi connectivity index (χ2n) is 5.69. The van der Waals surface area contributed by atoms with Crippen molar-refractivity contribution in [3.8, 4) is 5.75 Å². The summed E-state index contributed by atoms with van der Waals surface area (Å²) in [6.07, 6.45) is 1.40. The molecule has 3 atom stereocenters. The van der Waals surface area contributed by atoms with Crippen LogP contribution in [-0.4, -0.2) is 26.4 Å². The van der Waals surface area contributed by atoms with Crippen LogP contribution in [0.15, 0.2) is 12.1 Å². The average molecular weight is 277 g/mol. The molecule has 0 saturated carbocycles. The molecule has 1 aromatic rings. The number of benzene rings is 1. The van der Waals surface area contributed by atoms with Gasteiger partial charge in [-0.1, -0.05) is 19.1 Å². The number of ether oxygens (including phenoxy) is 2. The van der Waals surface area contributed by atoms with Gasteiger partial charge in [0.25, 0.3) is 0 Å². The Labute approximate surface area is 122 Å². The summed E-state index contributed by atoms with van der Waals surface area (Å²) in [5, 5.41) is 3.63. The van der Waals surface area contributed by atoms with Crippen molar-refractivity contribution >= 4 is 0 Å². The number of nitrogens with one attached hydrogen (secondary N) is 1. The normalized spacial score (nSPS) is 23.9. The lowest BCUT2D eigenvalue weighted by Gasteiger charge is -2.29. The van der Waals surface area contributed by atoms with Gasteiger partial charge in [0.15, 0.2) is 0 Å². The van der Waals surface area contributed by atoms with Crippen LogP contribution < -0.4 is 10.1 Å². The first-order valence-corrected chi connectivity index (χ1v) is 7.59. The van der Waals surface area contributed by atoms with Gasteiger partial charge in [0, 0.05) is 24.1 Å². The zero-order valence-electron chi connectivity index (χ0n) is 13.3. The van der Waals surface area contributed by atoms with Crippen molar-refractivity contribution in [2.24, 2.45) is 5.92 Å². The lowest BCUT2D eigenvalue weighted by Crippen LogP contribution is -2.32. The van der Waals surface area contributed by atoms with E-state index in [1.54, 1.807) is 7.11 Å². The Hall–Kier alpha value is -1.06. The van der Waals surface area contributed by atoms with Gasteiger partial charge in [-0.2, -0.15) is 0 Å². The monoisotopic (exact) mass is 277 g/mol. The molecule has 2 rings (SSSR count). The van der Waals surface area contributed by atoms with E-state index in [4.69, 9.17) is 9.47 Å². The van der Waals surface area contributed by atoms with Crippen molar-refractivity contribution in [1.29, 1.82) is 0 Å². The van der Waals surface area contributed by atoms with Crippen molar-refractivity contribution in [3.05, 3.63) is 28.8 Å². The number of methoxy groups -OCH3 is 1. The summed E-state index contributed by atoms with van der Waals surface area (Å²) in [6.45, 7) is 10.4. The third kappa shape index (κ3) is 2.84. The highest BCUT2D eigenvalue weighted by Crippen LogP contribution is 2.39. The van der Waals surface area contributed by atoms with E-state index in [1.165, 1.54) is 16.7 Å². The maximum atomic E-state index is 5.76. The van der Waals surface area contributed by atoms with Crippen molar-refractivity contribution in [3.63, 3.8) is 0 Å². The number of hydrogen-bond donors (Lipinski definition) is 1. The Balaban J connectivity index is 2.41. The van der Waals surface area contributed by atoms with E-state index in [2.05, 4.69) is 45.1 Å². The third-order valence-corrected chi connectivity index (χ3v) is 4.53. The molecule has 1 aliphatic rings. The van der Waals surface area contributed by atoms with Crippen molar-refractivity contribution in [2.75, 3.05) is 20.3 Å². The lowest BCUT2D eigenvalue weighted by atomic mass is 9.86. The quantitative estimate of drug-likeness (QED) is 0.895. The Morgan fingerprint density at radius 2 is 2.15 bits per heavy atom. The SMILES string of the molecule is CCNC(c1ccc(C)c(C)c1OC)C1CCOC1C. The predicted octanol–water partition coefficient (Wildman–Crippen LogP) is 3.39. The molecule has 0 spiro atoms. The summed E-state index contributed by atoms with van der Waals surface area (Å²) in [6, 6.07) is 4.70. The molecule has 1 aliphatic heterocycles. The molecule has 0 radical (unpaired) electrons. The molecule has 3 nitrogen and oxygen atoms in total. The molecule has 1 heterocycles. The van der Waals surface area contributed by atoms with Crippen LogP contribution in [0.1, 0.15) is 43.0 Å². The van der Waals surface area contributed by atoms with Crippen molar-refractivity contribution in [2.45, 2.75) is 46.3 Å². The van der Waals surface area contributed by atoms with E-state index in [9.17, 15) is 0 Å². The molecule has 0 bridgehead atoms. The summed E-state index contributed by atoms with van der Waals surface area (Å²) in [5.41, 5.74) is 3.77. The van der Waals surface area contributed by atoms with Crippen LogP contribution in [-0.2, 0) is 4.74 Å². The van der Waals surface area contributed by atoms with Crippen LogP contribution in [0.25, 0.3) is 0 Å². The molecule has 1 N–H and O–H groups in total. The topological polar surface area (TPSA) is 30.5 Å². The first-order chi connectivity index (χ1) is 9.60. The van der Waals surface area contributed by atoms with E-state index in [0.29, 0.717) is 18.1 Å². The summed E-state index contributed by atoms with van der Waals surface area (Å²) >= 11 is 0. The second-order valence-corrected chi connectivity index (χ2v) is 5.69. The molecule has 3 heteroatoms. The minimum Gasteiger partial charge on any atom is -0.496 e. The molecular formula is C17H27NO2. The zero-order valence-corrected chi connectivity index (χ0v) is 13.3. The van der Waals surface area contributed by atoms with Crippen LogP contribution in [0, 0.1) is 19.8 Å². The maximum absolute atomic E-state index is 5.76. The molecule has 3 unspecified atom stereocenters. The van der Waals surface area contributed by atoms with Gasteiger partial charge in [-0.3, -0.25) is 0 Å². The highest BCUT2D eigenvalue weighted by Gasteiger charge is 2.34. The number of rotatable bonds is 5. The first-order valence-electron chi connectivity index (χ1n) is 7.59. The lowest BCUT2D eigenvalue weighted by molar-refractivity contribution is 0.0952. The zero-order chi connectivity index (χ0) is 14.7. The van der Waals surface area contributed by atoms with Crippen LogP contribution in [0.3, 0.4) is 0 Å². The van der Waals surface area contributed by atoms with Gasteiger partial charge in [-0.15, -0.1) is 0 Å². The fraction of sp³-hybridized carbons (Fsp3) is 0.647. The minimum absolute atomic E-state index is 0.297. The Morgan fingerprint density at radius 1 is 1.40 bits per heavy atom. The largest absolute Gasteiger partial charge is 0.496 e. The van der Waals surface area contributed by atoms with Gasteiger partial charge in [-0.25, -0.2) is 0 Å². The highest BCUT2D eigenvalue weighted by molar-refractivity contribution is 5.47. The standard InChI is InChI=1S/C17H27NO2/c1-6-18-16(14-9-10-20-13(14)4)15-8-7-11(2)12(3)17(15)19-5/h7-8,13-14,16,18H,6,9-10H2,1-5H3. The van der Waals surface area contributed by atoms with Crippen molar-refractivity contribution < 1.29 is 9.47 Å². The van der Waals surface area contributed by atoms with Gasteiger partial charge in [0.1, 0.15) is 5.75 Å². The molecular weight excluding hydrogens is 250 g/mol. The van der Waals surface area contributed by atoms with E-state index in [0.717, 1.165) is 25.3 Å². The summed E-state index contributed by atoms with van der Waals surface area (Å²) in [7, 11) is 1.77. The van der Waals surface area contributed by atoms with Crippen molar-refractivity contribution in [1.82, 2.24) is 5.32 Å².